The highest BCUT2D eigenvalue weighted by molar-refractivity contribution is 7.17. The summed E-state index contributed by atoms with van der Waals surface area (Å²) in [6.45, 7) is 2.61. The first kappa shape index (κ1) is 17.2. The number of hydrogen-bond acceptors (Lipinski definition) is 6. The van der Waals surface area contributed by atoms with Crippen LogP contribution in [0, 0.1) is 0 Å². The molecule has 0 aliphatic heterocycles. The maximum absolute atomic E-state index is 12.5. The highest BCUT2D eigenvalue weighted by Gasteiger charge is 2.18. The molecule has 0 spiro atoms. The van der Waals surface area contributed by atoms with Crippen LogP contribution in [-0.2, 0) is 12.8 Å². The van der Waals surface area contributed by atoms with Gasteiger partial charge in [0.15, 0.2) is 10.8 Å². The van der Waals surface area contributed by atoms with E-state index in [1.165, 1.54) is 16.9 Å². The topological polar surface area (TPSA) is 80.7 Å². The average Bonchev–Trinajstić information content (AvgIpc) is 3.11. The fraction of sp³-hybridized carbons (Fsp3) is 0.278. The predicted molar refractivity (Wildman–Crippen MR) is 97.4 cm³/mol. The largest absolute Gasteiger partial charge is 0.351 e. The van der Waals surface area contributed by atoms with E-state index in [0.29, 0.717) is 28.7 Å². The summed E-state index contributed by atoms with van der Waals surface area (Å²) in [6, 6.07) is 5.72. The maximum Gasteiger partial charge on any atom is 0.263 e. The van der Waals surface area contributed by atoms with E-state index in [2.05, 4.69) is 25.3 Å². The number of aryl methyl sites for hydroxylation is 2. The Labute approximate surface area is 150 Å². The van der Waals surface area contributed by atoms with Crippen molar-refractivity contribution in [2.75, 3.05) is 6.54 Å². The molecule has 0 bridgehead atoms. The first-order valence-electron chi connectivity index (χ1n) is 8.22. The Balaban J connectivity index is 1.60. The van der Waals surface area contributed by atoms with E-state index in [1.807, 2.05) is 25.3 Å². The van der Waals surface area contributed by atoms with Crippen LogP contribution in [-0.4, -0.2) is 32.4 Å². The summed E-state index contributed by atoms with van der Waals surface area (Å²) < 4.78 is 0. The van der Waals surface area contributed by atoms with Crippen LogP contribution in [0.2, 0.25) is 0 Å². The summed E-state index contributed by atoms with van der Waals surface area (Å²) in [5.41, 5.74) is 1.96. The van der Waals surface area contributed by atoms with Crippen molar-refractivity contribution in [3.8, 4) is 10.8 Å². The Kier molecular flexibility index (Phi) is 5.79. The zero-order valence-electron chi connectivity index (χ0n) is 14.0. The maximum atomic E-state index is 12.5. The molecule has 0 saturated heterocycles. The van der Waals surface area contributed by atoms with Gasteiger partial charge in [-0.25, -0.2) is 15.0 Å². The monoisotopic (exact) mass is 353 g/mol. The Bertz CT molecular complexity index is 820. The molecule has 0 aliphatic rings. The zero-order valence-corrected chi connectivity index (χ0v) is 14.8. The molecule has 7 heteroatoms. The standard InChI is InChI=1S/C18H19N5OS/c1-2-14-15(25-18(23-14)16-20-10-5-11-21-16)17(24)22-9-4-7-13-6-3-8-19-12-13/h3,5-6,8,10-12H,2,4,7,9H2,1H3,(H,22,24). The van der Waals surface area contributed by atoms with Crippen LogP contribution in [0.15, 0.2) is 43.0 Å². The van der Waals surface area contributed by atoms with Crippen LogP contribution in [0.4, 0.5) is 0 Å². The van der Waals surface area contributed by atoms with Crippen molar-refractivity contribution in [2.45, 2.75) is 26.2 Å². The zero-order chi connectivity index (χ0) is 17.5. The van der Waals surface area contributed by atoms with E-state index in [4.69, 9.17) is 0 Å². The van der Waals surface area contributed by atoms with Crippen LogP contribution < -0.4 is 5.32 Å². The van der Waals surface area contributed by atoms with Gasteiger partial charge in [0.1, 0.15) is 4.88 Å². The lowest BCUT2D eigenvalue weighted by atomic mass is 10.1. The molecule has 0 atom stereocenters. The summed E-state index contributed by atoms with van der Waals surface area (Å²) in [4.78, 5) is 30.2. The molecule has 25 heavy (non-hydrogen) atoms. The minimum Gasteiger partial charge on any atom is -0.351 e. The molecule has 0 unspecified atom stereocenters. The second-order valence-electron chi connectivity index (χ2n) is 5.44. The number of nitrogens with zero attached hydrogens (tertiary/aromatic N) is 4. The van der Waals surface area contributed by atoms with Gasteiger partial charge in [0, 0.05) is 31.3 Å². The molecule has 3 rings (SSSR count). The molecule has 0 aliphatic carbocycles. The molecule has 1 N–H and O–H groups in total. The molecule has 0 radical (unpaired) electrons. The number of rotatable bonds is 7. The Morgan fingerprint density at radius 2 is 2.04 bits per heavy atom. The van der Waals surface area contributed by atoms with Crippen molar-refractivity contribution in [3.05, 3.63) is 59.1 Å². The number of hydrogen-bond donors (Lipinski definition) is 1. The summed E-state index contributed by atoms with van der Waals surface area (Å²) in [7, 11) is 0. The summed E-state index contributed by atoms with van der Waals surface area (Å²) >= 11 is 1.34. The molecule has 0 fully saturated rings. The smallest absolute Gasteiger partial charge is 0.263 e. The molecule has 3 aromatic heterocycles. The SMILES string of the molecule is CCc1nc(-c2ncccn2)sc1C(=O)NCCCc1cccnc1. The van der Waals surface area contributed by atoms with Gasteiger partial charge < -0.3 is 5.32 Å². The number of carbonyl (C=O) groups excluding carboxylic acids is 1. The van der Waals surface area contributed by atoms with Crippen LogP contribution in [0.5, 0.6) is 0 Å². The van der Waals surface area contributed by atoms with Gasteiger partial charge in [-0.05, 0) is 37.0 Å². The average molecular weight is 353 g/mol. The van der Waals surface area contributed by atoms with Gasteiger partial charge in [0.2, 0.25) is 0 Å². The number of aromatic nitrogens is 4. The molecule has 0 aromatic carbocycles. The van der Waals surface area contributed by atoms with E-state index in [1.54, 1.807) is 24.7 Å². The number of pyridine rings is 1. The minimum absolute atomic E-state index is 0.0808. The second kappa shape index (κ2) is 8.43. The van der Waals surface area contributed by atoms with Crippen molar-refractivity contribution in [2.24, 2.45) is 0 Å². The summed E-state index contributed by atoms with van der Waals surface area (Å²) in [5.74, 6) is 0.473. The number of thiazole rings is 1. The van der Waals surface area contributed by atoms with Crippen molar-refractivity contribution >= 4 is 17.2 Å². The van der Waals surface area contributed by atoms with Crippen molar-refractivity contribution in [1.82, 2.24) is 25.3 Å². The van der Waals surface area contributed by atoms with Crippen LogP contribution in [0.1, 0.15) is 34.3 Å². The van der Waals surface area contributed by atoms with Crippen LogP contribution in [0.25, 0.3) is 10.8 Å². The molecular weight excluding hydrogens is 334 g/mol. The lowest BCUT2D eigenvalue weighted by Gasteiger charge is -2.04. The second-order valence-corrected chi connectivity index (χ2v) is 6.44. The van der Waals surface area contributed by atoms with E-state index in [0.717, 1.165) is 18.5 Å². The van der Waals surface area contributed by atoms with Gasteiger partial charge in [-0.2, -0.15) is 0 Å². The lowest BCUT2D eigenvalue weighted by Crippen LogP contribution is -2.24. The summed E-state index contributed by atoms with van der Waals surface area (Å²) in [5, 5.41) is 3.66. The molecule has 6 nitrogen and oxygen atoms in total. The molecule has 1 amide bonds. The minimum atomic E-state index is -0.0808. The number of carbonyl (C=O) groups is 1. The van der Waals surface area contributed by atoms with Gasteiger partial charge in [-0.15, -0.1) is 11.3 Å². The molecule has 3 aromatic rings. The van der Waals surface area contributed by atoms with Gasteiger partial charge >= 0.3 is 0 Å². The first-order valence-corrected chi connectivity index (χ1v) is 9.03. The molecular formula is C18H19N5OS. The summed E-state index contributed by atoms with van der Waals surface area (Å²) in [6.07, 6.45) is 9.41. The van der Waals surface area contributed by atoms with Crippen molar-refractivity contribution in [1.29, 1.82) is 0 Å². The third-order valence-corrected chi connectivity index (χ3v) is 4.74. The van der Waals surface area contributed by atoms with E-state index in [9.17, 15) is 4.79 Å². The highest BCUT2D eigenvalue weighted by atomic mass is 32.1. The van der Waals surface area contributed by atoms with Gasteiger partial charge in [0.25, 0.3) is 5.91 Å². The van der Waals surface area contributed by atoms with Crippen molar-refractivity contribution in [3.63, 3.8) is 0 Å². The van der Waals surface area contributed by atoms with E-state index < -0.39 is 0 Å². The Hall–Kier alpha value is -2.67. The number of nitrogens with one attached hydrogen (secondary N) is 1. The third-order valence-electron chi connectivity index (χ3n) is 3.65. The fourth-order valence-electron chi connectivity index (χ4n) is 2.39. The molecule has 3 heterocycles. The van der Waals surface area contributed by atoms with Crippen molar-refractivity contribution < 1.29 is 4.79 Å². The van der Waals surface area contributed by atoms with Crippen LogP contribution in [0.3, 0.4) is 0 Å². The van der Waals surface area contributed by atoms with Gasteiger partial charge in [-0.3, -0.25) is 9.78 Å². The van der Waals surface area contributed by atoms with Gasteiger partial charge in [-0.1, -0.05) is 13.0 Å². The molecule has 128 valence electrons. The predicted octanol–water partition coefficient (Wildman–Crippen LogP) is 2.92. The van der Waals surface area contributed by atoms with Crippen LogP contribution >= 0.6 is 11.3 Å². The quantitative estimate of drug-likeness (QED) is 0.661. The third kappa shape index (κ3) is 4.45. The van der Waals surface area contributed by atoms with Gasteiger partial charge in [0.05, 0.1) is 5.69 Å². The fourth-order valence-corrected chi connectivity index (χ4v) is 3.41. The molecule has 0 saturated carbocycles. The first-order chi connectivity index (χ1) is 12.3. The van der Waals surface area contributed by atoms with E-state index in [-0.39, 0.29) is 5.91 Å². The Morgan fingerprint density at radius 1 is 1.20 bits per heavy atom. The van der Waals surface area contributed by atoms with E-state index >= 15 is 0 Å². The lowest BCUT2D eigenvalue weighted by molar-refractivity contribution is 0.0956. The normalized spacial score (nSPS) is 10.6. The Morgan fingerprint density at radius 3 is 2.76 bits per heavy atom. The highest BCUT2D eigenvalue weighted by Crippen LogP contribution is 2.25. The number of amides is 1.